The fourth-order valence-corrected chi connectivity index (χ4v) is 0.818. The van der Waals surface area contributed by atoms with Crippen LogP contribution in [-0.4, -0.2) is 17.8 Å². The summed E-state index contributed by atoms with van der Waals surface area (Å²) in [7, 11) is 0. The van der Waals surface area contributed by atoms with Gasteiger partial charge in [-0.25, -0.2) is 0 Å². The summed E-state index contributed by atoms with van der Waals surface area (Å²) >= 11 is 5.48. The number of halogens is 1. The molecule has 0 aromatic carbocycles. The van der Waals surface area contributed by atoms with Crippen molar-refractivity contribution in [3.8, 4) is 0 Å². The minimum Gasteiger partial charge on any atom is -0.298 e. The van der Waals surface area contributed by atoms with Gasteiger partial charge in [0, 0.05) is 6.42 Å². The molecule has 1 atom stereocenters. The molecule has 0 aromatic heterocycles. The summed E-state index contributed by atoms with van der Waals surface area (Å²) in [5.74, 6) is 0.208. The molecule has 0 bridgehead atoms. The highest BCUT2D eigenvalue weighted by Gasteiger charge is 2.17. The van der Waals surface area contributed by atoms with Crippen LogP contribution in [0.1, 0.15) is 6.42 Å². The number of Topliss-reactive ketones (excluding diaryl/α,β-unsaturated/α-hetero) is 1. The lowest BCUT2D eigenvalue weighted by molar-refractivity contribution is -0.116. The Morgan fingerprint density at radius 3 is 2.71 bits per heavy atom. The maximum absolute atomic E-state index is 10.3. The third-order valence-corrected chi connectivity index (χ3v) is 1.24. The summed E-state index contributed by atoms with van der Waals surface area (Å²) in [6, 6.07) is 0. The molecule has 1 aliphatic heterocycles. The van der Waals surface area contributed by atoms with E-state index >= 15 is 0 Å². The van der Waals surface area contributed by atoms with Crippen LogP contribution in [0.25, 0.3) is 0 Å². The summed E-state index contributed by atoms with van der Waals surface area (Å²) in [4.78, 5) is 10.3. The van der Waals surface area contributed by atoms with Gasteiger partial charge in [0.05, 0.1) is 12.0 Å². The molecule has 0 radical (unpaired) electrons. The van der Waals surface area contributed by atoms with E-state index in [1.165, 1.54) is 0 Å². The maximum atomic E-state index is 10.3. The second kappa shape index (κ2) is 1.80. The number of alkyl halides is 1. The second-order valence-electron chi connectivity index (χ2n) is 1.59. The molecule has 40 valence electrons. The predicted octanol–water partition coefficient (Wildman–Crippen LogP) is 0.114. The van der Waals surface area contributed by atoms with Crippen LogP contribution in [0, 0.1) is 0 Å². The Bertz CT molecular complexity index is 93.7. The molecule has 1 N–H and O–H groups in total. The first-order valence-electron chi connectivity index (χ1n) is 2.18. The molecule has 1 saturated heterocycles. The lowest BCUT2D eigenvalue weighted by Crippen LogP contribution is -2.14. The van der Waals surface area contributed by atoms with Gasteiger partial charge in [0.1, 0.15) is 5.78 Å². The van der Waals surface area contributed by atoms with Gasteiger partial charge in [-0.2, -0.15) is 0 Å². The van der Waals surface area contributed by atoms with Gasteiger partial charge in [0.15, 0.2) is 0 Å². The number of hydrogen-bond donors (Lipinski definition) is 1. The average molecular weight is 120 g/mol. The van der Waals surface area contributed by atoms with E-state index in [-0.39, 0.29) is 11.3 Å². The molecule has 1 rings (SSSR count). The van der Waals surface area contributed by atoms with Crippen molar-refractivity contribution >= 4 is 17.4 Å². The average Bonchev–Trinajstić information content (AvgIpc) is 1.87. The first kappa shape index (κ1) is 5.06. The van der Waals surface area contributed by atoms with Gasteiger partial charge in [-0.1, -0.05) is 0 Å². The maximum Gasteiger partial charge on any atom is 0.149 e. The van der Waals surface area contributed by atoms with Gasteiger partial charge in [-0.3, -0.25) is 10.1 Å². The molecular weight excluding hydrogens is 114 g/mol. The normalized spacial score (nSPS) is 31.6. The van der Waals surface area contributed by atoms with Crippen molar-refractivity contribution in [1.82, 2.24) is 5.32 Å². The van der Waals surface area contributed by atoms with Gasteiger partial charge in [0.25, 0.3) is 0 Å². The second-order valence-corrected chi connectivity index (χ2v) is 2.12. The van der Waals surface area contributed by atoms with Gasteiger partial charge in [-0.05, 0) is 0 Å². The molecule has 1 heterocycles. The van der Waals surface area contributed by atoms with Crippen LogP contribution in [-0.2, 0) is 4.79 Å². The van der Waals surface area contributed by atoms with Gasteiger partial charge < -0.3 is 0 Å². The summed E-state index contributed by atoms with van der Waals surface area (Å²) in [5, 5.41) is 2.79. The summed E-state index contributed by atoms with van der Waals surface area (Å²) < 4.78 is 0. The fraction of sp³-hybridized carbons (Fsp3) is 0.750. The van der Waals surface area contributed by atoms with Crippen molar-refractivity contribution in [3.63, 3.8) is 0 Å². The van der Waals surface area contributed by atoms with Crippen molar-refractivity contribution in [2.24, 2.45) is 0 Å². The zero-order valence-corrected chi connectivity index (χ0v) is 4.53. The topological polar surface area (TPSA) is 29.1 Å². The number of ketones is 1. The monoisotopic (exact) mass is 119 g/mol. The zero-order chi connectivity index (χ0) is 5.28. The molecule has 1 unspecified atom stereocenters. The molecule has 0 amide bonds. The van der Waals surface area contributed by atoms with E-state index < -0.39 is 0 Å². The Balaban J connectivity index is 2.40. The van der Waals surface area contributed by atoms with E-state index in [9.17, 15) is 4.79 Å². The Morgan fingerprint density at radius 1 is 1.86 bits per heavy atom. The molecular formula is C4H6ClNO. The largest absolute Gasteiger partial charge is 0.298 e. The first-order valence-corrected chi connectivity index (χ1v) is 2.62. The highest BCUT2D eigenvalue weighted by atomic mass is 35.5. The van der Waals surface area contributed by atoms with Crippen molar-refractivity contribution < 1.29 is 4.79 Å². The third kappa shape index (κ3) is 1.14. The Morgan fingerprint density at radius 2 is 2.57 bits per heavy atom. The van der Waals surface area contributed by atoms with E-state index in [2.05, 4.69) is 5.32 Å². The van der Waals surface area contributed by atoms with Crippen molar-refractivity contribution in [3.05, 3.63) is 0 Å². The van der Waals surface area contributed by atoms with E-state index in [1.807, 2.05) is 0 Å². The summed E-state index contributed by atoms with van der Waals surface area (Å²) in [6.45, 7) is 0.453. The Labute approximate surface area is 46.8 Å². The molecule has 0 aromatic rings. The van der Waals surface area contributed by atoms with Gasteiger partial charge in [0.2, 0.25) is 0 Å². The molecule has 0 spiro atoms. The Hall–Kier alpha value is -0.0800. The van der Waals surface area contributed by atoms with Crippen LogP contribution in [0.5, 0.6) is 0 Å². The molecule has 7 heavy (non-hydrogen) atoms. The standard InChI is InChI=1S/C4H6ClNO/c5-4-1-3(7)2-6-4/h4,6H,1-2H2. The molecule has 3 heteroatoms. The van der Waals surface area contributed by atoms with Crippen molar-refractivity contribution in [1.29, 1.82) is 0 Å². The molecule has 0 aliphatic carbocycles. The minimum absolute atomic E-state index is 0.104. The highest BCUT2D eigenvalue weighted by Crippen LogP contribution is 2.03. The smallest absolute Gasteiger partial charge is 0.149 e. The zero-order valence-electron chi connectivity index (χ0n) is 3.78. The van der Waals surface area contributed by atoms with Crippen LogP contribution in [0.15, 0.2) is 0 Å². The quantitative estimate of drug-likeness (QED) is 0.362. The van der Waals surface area contributed by atoms with Crippen LogP contribution < -0.4 is 5.32 Å². The van der Waals surface area contributed by atoms with Crippen molar-refractivity contribution in [2.75, 3.05) is 6.54 Å². The van der Waals surface area contributed by atoms with Crippen LogP contribution in [0.3, 0.4) is 0 Å². The van der Waals surface area contributed by atoms with Crippen LogP contribution >= 0.6 is 11.6 Å². The SMILES string of the molecule is O=C1CNC(Cl)C1. The lowest BCUT2D eigenvalue weighted by Gasteiger charge is -1.90. The number of nitrogens with one attached hydrogen (secondary N) is 1. The predicted molar refractivity (Wildman–Crippen MR) is 27.3 cm³/mol. The molecule has 2 nitrogen and oxygen atoms in total. The van der Waals surface area contributed by atoms with E-state index in [0.717, 1.165) is 0 Å². The molecule has 1 fully saturated rings. The summed E-state index contributed by atoms with van der Waals surface area (Å²) in [5.41, 5.74) is -0.104. The fourth-order valence-electron chi connectivity index (χ4n) is 0.569. The van der Waals surface area contributed by atoms with Crippen molar-refractivity contribution in [2.45, 2.75) is 11.9 Å². The highest BCUT2D eigenvalue weighted by molar-refractivity contribution is 6.22. The number of rotatable bonds is 0. The number of carbonyl (C=O) groups excluding carboxylic acids is 1. The third-order valence-electron chi connectivity index (χ3n) is 0.928. The number of hydrogen-bond acceptors (Lipinski definition) is 2. The van der Waals surface area contributed by atoms with E-state index in [4.69, 9.17) is 11.6 Å². The summed E-state index contributed by atoms with van der Waals surface area (Å²) in [6.07, 6.45) is 0.488. The Kier molecular flexibility index (Phi) is 1.30. The van der Waals surface area contributed by atoms with E-state index in [1.54, 1.807) is 0 Å². The van der Waals surface area contributed by atoms with Crippen LogP contribution in [0.4, 0.5) is 0 Å². The molecule has 0 saturated carbocycles. The minimum atomic E-state index is -0.104. The first-order chi connectivity index (χ1) is 3.29. The lowest BCUT2D eigenvalue weighted by atomic mass is 10.4. The molecule has 1 aliphatic rings. The van der Waals surface area contributed by atoms with Gasteiger partial charge >= 0.3 is 0 Å². The number of carbonyl (C=O) groups is 1. The van der Waals surface area contributed by atoms with Gasteiger partial charge in [-0.15, -0.1) is 11.6 Å². The van der Waals surface area contributed by atoms with Crippen LogP contribution in [0.2, 0.25) is 0 Å². The van der Waals surface area contributed by atoms with E-state index in [0.29, 0.717) is 13.0 Å².